The molecule has 2 N–H and O–H groups in total. The molecule has 0 aliphatic heterocycles. The van der Waals surface area contributed by atoms with Crippen LogP contribution in [0.15, 0.2) is 0 Å². The van der Waals surface area contributed by atoms with Gasteiger partial charge in [0.2, 0.25) is 0 Å². The summed E-state index contributed by atoms with van der Waals surface area (Å²) in [5, 5.41) is 0. The van der Waals surface area contributed by atoms with Crippen molar-refractivity contribution in [1.29, 1.82) is 0 Å². The molecule has 0 saturated carbocycles. The summed E-state index contributed by atoms with van der Waals surface area (Å²) >= 11 is 0. The zero-order chi connectivity index (χ0) is 13.6. The van der Waals surface area contributed by atoms with E-state index >= 15 is 0 Å². The largest absolute Gasteiger partial charge is 0.330 e. The maximum Gasteiger partial charge on any atom is -0.00515 e. The van der Waals surface area contributed by atoms with Crippen molar-refractivity contribution in [1.82, 2.24) is 0 Å². The molecule has 104 valence electrons. The van der Waals surface area contributed by atoms with Crippen LogP contribution in [-0.2, 0) is 0 Å². The van der Waals surface area contributed by atoms with E-state index in [1.807, 2.05) is 0 Å². The van der Waals surface area contributed by atoms with Crippen LogP contribution < -0.4 is 5.73 Å². The van der Waals surface area contributed by atoms with E-state index in [1.165, 1.54) is 19.3 Å². The summed E-state index contributed by atoms with van der Waals surface area (Å²) in [6.07, 6.45) is 3.87. The summed E-state index contributed by atoms with van der Waals surface area (Å²) in [6.45, 7) is 17.5. The number of rotatable bonds is 8. The third-order valence-corrected chi connectivity index (χ3v) is 5.36. The molecule has 0 aromatic carbocycles. The Morgan fingerprint density at radius 2 is 1.59 bits per heavy atom. The van der Waals surface area contributed by atoms with Crippen LogP contribution in [0.3, 0.4) is 0 Å². The summed E-state index contributed by atoms with van der Waals surface area (Å²) in [5.74, 6) is 3.01. The summed E-state index contributed by atoms with van der Waals surface area (Å²) in [6, 6.07) is 0. The third kappa shape index (κ3) is 4.62. The highest BCUT2D eigenvalue weighted by molar-refractivity contribution is 4.86. The smallest absolute Gasteiger partial charge is 0.00515 e. The summed E-state index contributed by atoms with van der Waals surface area (Å²) in [5.41, 5.74) is 6.21. The van der Waals surface area contributed by atoms with E-state index in [-0.39, 0.29) is 0 Å². The van der Waals surface area contributed by atoms with E-state index in [4.69, 9.17) is 5.73 Å². The van der Waals surface area contributed by atoms with Crippen LogP contribution in [0.4, 0.5) is 0 Å². The predicted octanol–water partition coefficient (Wildman–Crippen LogP) is 4.71. The SMILES string of the molecule is CC[C@H](C)C(C)(CC[C@H](C)CN)[C@H](C)C(C)C. The Balaban J connectivity index is 4.73. The van der Waals surface area contributed by atoms with Crippen LogP contribution in [0.5, 0.6) is 0 Å². The van der Waals surface area contributed by atoms with Gasteiger partial charge in [-0.2, -0.15) is 0 Å². The minimum atomic E-state index is 0.465. The molecule has 0 spiro atoms. The second kappa shape index (κ2) is 7.41. The predicted molar refractivity (Wildman–Crippen MR) is 79.0 cm³/mol. The third-order valence-electron chi connectivity index (χ3n) is 5.36. The van der Waals surface area contributed by atoms with Crippen LogP contribution in [0.1, 0.15) is 67.7 Å². The molecule has 1 heteroatoms. The first-order valence-corrected chi connectivity index (χ1v) is 7.49. The molecule has 1 nitrogen and oxygen atoms in total. The van der Waals surface area contributed by atoms with Gasteiger partial charge in [-0.1, -0.05) is 54.9 Å². The van der Waals surface area contributed by atoms with Crippen molar-refractivity contribution in [2.24, 2.45) is 34.8 Å². The van der Waals surface area contributed by atoms with Crippen molar-refractivity contribution >= 4 is 0 Å². The fourth-order valence-corrected chi connectivity index (χ4v) is 2.83. The maximum atomic E-state index is 5.75. The van der Waals surface area contributed by atoms with Crippen molar-refractivity contribution in [2.45, 2.75) is 67.7 Å². The molecule has 0 fully saturated rings. The van der Waals surface area contributed by atoms with Gasteiger partial charge >= 0.3 is 0 Å². The lowest BCUT2D eigenvalue weighted by Gasteiger charge is -2.43. The van der Waals surface area contributed by atoms with Crippen molar-refractivity contribution in [2.75, 3.05) is 6.54 Å². The van der Waals surface area contributed by atoms with E-state index in [0.717, 1.165) is 24.3 Å². The topological polar surface area (TPSA) is 26.0 Å². The van der Waals surface area contributed by atoms with E-state index < -0.39 is 0 Å². The van der Waals surface area contributed by atoms with Gasteiger partial charge in [0.05, 0.1) is 0 Å². The summed E-state index contributed by atoms with van der Waals surface area (Å²) < 4.78 is 0. The van der Waals surface area contributed by atoms with Crippen LogP contribution in [0.25, 0.3) is 0 Å². The zero-order valence-corrected chi connectivity index (χ0v) is 13.2. The lowest BCUT2D eigenvalue weighted by molar-refractivity contribution is 0.0601. The standard InChI is InChI=1S/C16H35N/c1-8-14(5)16(7,15(6)12(2)3)10-9-13(4)11-17/h12-15H,8-11,17H2,1-7H3/t13-,14-,15+,16?/m0/s1. The van der Waals surface area contributed by atoms with Gasteiger partial charge in [0.1, 0.15) is 0 Å². The van der Waals surface area contributed by atoms with Crippen molar-refractivity contribution in [3.8, 4) is 0 Å². The Morgan fingerprint density at radius 3 is 1.94 bits per heavy atom. The molecule has 0 bridgehead atoms. The van der Waals surface area contributed by atoms with E-state index in [0.29, 0.717) is 11.3 Å². The Labute approximate surface area is 110 Å². The van der Waals surface area contributed by atoms with Crippen molar-refractivity contribution < 1.29 is 0 Å². The quantitative estimate of drug-likeness (QED) is 0.654. The maximum absolute atomic E-state index is 5.75. The van der Waals surface area contributed by atoms with Crippen LogP contribution >= 0.6 is 0 Å². The number of hydrogen-bond acceptors (Lipinski definition) is 1. The van der Waals surface area contributed by atoms with Crippen molar-refractivity contribution in [3.05, 3.63) is 0 Å². The molecule has 0 aliphatic carbocycles. The van der Waals surface area contributed by atoms with Crippen molar-refractivity contribution in [3.63, 3.8) is 0 Å². The van der Waals surface area contributed by atoms with E-state index in [2.05, 4.69) is 48.5 Å². The Hall–Kier alpha value is -0.0400. The Bertz CT molecular complexity index is 200. The van der Waals surface area contributed by atoms with Gasteiger partial charge in [-0.15, -0.1) is 0 Å². The van der Waals surface area contributed by atoms with Crippen LogP contribution in [-0.4, -0.2) is 6.54 Å². The number of nitrogens with two attached hydrogens (primary N) is 1. The highest BCUT2D eigenvalue weighted by Gasteiger charge is 2.36. The lowest BCUT2D eigenvalue weighted by Crippen LogP contribution is -2.36. The molecule has 17 heavy (non-hydrogen) atoms. The summed E-state index contributed by atoms with van der Waals surface area (Å²) in [4.78, 5) is 0. The molecule has 1 unspecified atom stereocenters. The minimum absolute atomic E-state index is 0.465. The fourth-order valence-electron chi connectivity index (χ4n) is 2.83. The molecule has 0 heterocycles. The highest BCUT2D eigenvalue weighted by atomic mass is 14.5. The lowest BCUT2D eigenvalue weighted by atomic mass is 9.62. The molecule has 0 amide bonds. The molecule has 4 atom stereocenters. The zero-order valence-electron chi connectivity index (χ0n) is 13.2. The number of hydrogen-bond donors (Lipinski definition) is 1. The molecular formula is C16H35N. The van der Waals surface area contributed by atoms with Gasteiger partial charge in [-0.25, -0.2) is 0 Å². The molecule has 0 aromatic heterocycles. The van der Waals surface area contributed by atoms with Gasteiger partial charge in [0.15, 0.2) is 0 Å². The Morgan fingerprint density at radius 1 is 1.06 bits per heavy atom. The second-order valence-corrected chi connectivity index (χ2v) is 6.73. The molecule has 0 aliphatic rings. The van der Waals surface area contributed by atoms with E-state index in [1.54, 1.807) is 0 Å². The second-order valence-electron chi connectivity index (χ2n) is 6.73. The molecule has 0 aromatic rings. The van der Waals surface area contributed by atoms with Gasteiger partial charge in [-0.05, 0) is 48.5 Å². The summed E-state index contributed by atoms with van der Waals surface area (Å²) in [7, 11) is 0. The van der Waals surface area contributed by atoms with Gasteiger partial charge in [0.25, 0.3) is 0 Å². The first kappa shape index (κ1) is 17.0. The van der Waals surface area contributed by atoms with Gasteiger partial charge in [-0.3, -0.25) is 0 Å². The molecule has 0 radical (unpaired) electrons. The molecule has 0 saturated heterocycles. The molecular weight excluding hydrogens is 206 g/mol. The first-order valence-electron chi connectivity index (χ1n) is 7.49. The van der Waals surface area contributed by atoms with Gasteiger partial charge < -0.3 is 5.73 Å². The molecule has 0 rings (SSSR count). The Kier molecular flexibility index (Phi) is 7.39. The van der Waals surface area contributed by atoms with Gasteiger partial charge in [0, 0.05) is 0 Å². The average Bonchev–Trinajstić information content (AvgIpc) is 2.32. The van der Waals surface area contributed by atoms with Crippen LogP contribution in [0.2, 0.25) is 0 Å². The average molecular weight is 241 g/mol. The van der Waals surface area contributed by atoms with Crippen LogP contribution in [0, 0.1) is 29.1 Å². The van der Waals surface area contributed by atoms with E-state index in [9.17, 15) is 0 Å². The first-order chi connectivity index (χ1) is 7.79. The monoisotopic (exact) mass is 241 g/mol. The fraction of sp³-hybridized carbons (Fsp3) is 1.00. The normalized spacial score (nSPS) is 21.0. The highest BCUT2D eigenvalue weighted by Crippen LogP contribution is 2.45. The minimum Gasteiger partial charge on any atom is -0.330 e.